The maximum absolute atomic E-state index is 13.1. The standard InChI is InChI=1S/C9H11FN2O2/c1-5(11)9(13)8-6(10)3-4-7(12-8)14-2/h3-5H,11H2,1-2H3. The van der Waals surface area contributed by atoms with Crippen molar-refractivity contribution in [3.05, 3.63) is 23.6 Å². The van der Waals surface area contributed by atoms with E-state index < -0.39 is 17.6 Å². The molecule has 0 saturated carbocycles. The van der Waals surface area contributed by atoms with Crippen LogP contribution in [0, 0.1) is 5.82 Å². The normalized spacial score (nSPS) is 12.3. The van der Waals surface area contributed by atoms with Crippen molar-refractivity contribution in [3.8, 4) is 5.88 Å². The van der Waals surface area contributed by atoms with Gasteiger partial charge in [-0.2, -0.15) is 0 Å². The van der Waals surface area contributed by atoms with Crippen molar-refractivity contribution in [3.63, 3.8) is 0 Å². The van der Waals surface area contributed by atoms with Gasteiger partial charge in [-0.15, -0.1) is 0 Å². The summed E-state index contributed by atoms with van der Waals surface area (Å²) >= 11 is 0. The number of hydrogen-bond donors (Lipinski definition) is 1. The molecule has 0 fully saturated rings. The number of pyridine rings is 1. The molecule has 1 atom stereocenters. The average molecular weight is 198 g/mol. The molecule has 0 aliphatic heterocycles. The third kappa shape index (κ3) is 2.05. The number of carbonyl (C=O) groups is 1. The van der Waals surface area contributed by atoms with E-state index in [0.717, 1.165) is 6.07 Å². The van der Waals surface area contributed by atoms with Crippen LogP contribution in [0.3, 0.4) is 0 Å². The number of hydrogen-bond acceptors (Lipinski definition) is 4. The van der Waals surface area contributed by atoms with E-state index in [-0.39, 0.29) is 11.6 Å². The fourth-order valence-electron chi connectivity index (χ4n) is 0.926. The van der Waals surface area contributed by atoms with Crippen LogP contribution in [0.1, 0.15) is 17.4 Å². The zero-order chi connectivity index (χ0) is 10.7. The molecule has 4 nitrogen and oxygen atoms in total. The number of Topliss-reactive ketones (excluding diaryl/α,β-unsaturated/α-hetero) is 1. The number of aromatic nitrogens is 1. The number of carbonyl (C=O) groups excluding carboxylic acids is 1. The molecule has 1 heterocycles. The Hall–Kier alpha value is -1.49. The summed E-state index contributed by atoms with van der Waals surface area (Å²) in [6, 6.07) is 1.69. The van der Waals surface area contributed by atoms with Gasteiger partial charge in [0, 0.05) is 6.07 Å². The van der Waals surface area contributed by atoms with Crippen LogP contribution in [0.15, 0.2) is 12.1 Å². The van der Waals surface area contributed by atoms with Crippen molar-refractivity contribution in [1.82, 2.24) is 4.98 Å². The number of ketones is 1. The highest BCUT2D eigenvalue weighted by Crippen LogP contribution is 2.12. The van der Waals surface area contributed by atoms with E-state index >= 15 is 0 Å². The first-order chi connectivity index (χ1) is 6.56. The minimum Gasteiger partial charge on any atom is -0.481 e. The molecule has 0 aliphatic rings. The summed E-state index contributed by atoms with van der Waals surface area (Å²) in [5.41, 5.74) is 5.05. The zero-order valence-corrected chi connectivity index (χ0v) is 7.95. The second-order valence-electron chi connectivity index (χ2n) is 2.84. The van der Waals surface area contributed by atoms with Gasteiger partial charge in [-0.3, -0.25) is 4.79 Å². The van der Waals surface area contributed by atoms with Gasteiger partial charge in [0.15, 0.2) is 5.82 Å². The van der Waals surface area contributed by atoms with Crippen molar-refractivity contribution < 1.29 is 13.9 Å². The largest absolute Gasteiger partial charge is 0.481 e. The molecule has 0 radical (unpaired) electrons. The lowest BCUT2D eigenvalue weighted by molar-refractivity contribution is 0.0957. The predicted molar refractivity (Wildman–Crippen MR) is 48.7 cm³/mol. The minimum absolute atomic E-state index is 0.190. The summed E-state index contributed by atoms with van der Waals surface area (Å²) < 4.78 is 17.9. The molecule has 2 N–H and O–H groups in total. The molecule has 1 unspecified atom stereocenters. The van der Waals surface area contributed by atoms with Crippen LogP contribution in [0.5, 0.6) is 5.88 Å². The summed E-state index contributed by atoms with van der Waals surface area (Å²) in [4.78, 5) is 15.0. The smallest absolute Gasteiger partial charge is 0.213 e. The van der Waals surface area contributed by atoms with Gasteiger partial charge in [0.2, 0.25) is 11.7 Å². The van der Waals surface area contributed by atoms with Gasteiger partial charge in [-0.05, 0) is 13.0 Å². The Morgan fingerprint density at radius 3 is 2.79 bits per heavy atom. The molecule has 0 amide bonds. The van der Waals surface area contributed by atoms with E-state index in [4.69, 9.17) is 10.5 Å². The van der Waals surface area contributed by atoms with Gasteiger partial charge < -0.3 is 10.5 Å². The van der Waals surface area contributed by atoms with Crippen molar-refractivity contribution in [2.45, 2.75) is 13.0 Å². The van der Waals surface area contributed by atoms with Crippen LogP contribution in [0.4, 0.5) is 4.39 Å². The van der Waals surface area contributed by atoms with Crippen molar-refractivity contribution in [2.75, 3.05) is 7.11 Å². The summed E-state index contributed by atoms with van der Waals surface area (Å²) in [6.45, 7) is 1.48. The zero-order valence-electron chi connectivity index (χ0n) is 7.95. The maximum Gasteiger partial charge on any atom is 0.213 e. The lowest BCUT2D eigenvalue weighted by atomic mass is 10.1. The van der Waals surface area contributed by atoms with Crippen LogP contribution >= 0.6 is 0 Å². The highest BCUT2D eigenvalue weighted by molar-refractivity contribution is 5.98. The second kappa shape index (κ2) is 4.15. The Kier molecular flexibility index (Phi) is 3.14. The third-order valence-corrected chi connectivity index (χ3v) is 1.68. The summed E-state index contributed by atoms with van der Waals surface area (Å²) in [7, 11) is 1.39. The molecule has 1 aromatic heterocycles. The molecule has 0 saturated heterocycles. The summed E-state index contributed by atoms with van der Waals surface area (Å²) in [6.07, 6.45) is 0. The van der Waals surface area contributed by atoms with E-state index in [1.54, 1.807) is 0 Å². The van der Waals surface area contributed by atoms with Gasteiger partial charge in [-0.25, -0.2) is 9.37 Å². The Balaban J connectivity index is 3.12. The Labute approximate surface area is 80.9 Å². The average Bonchev–Trinajstić information content (AvgIpc) is 2.17. The Morgan fingerprint density at radius 1 is 1.64 bits per heavy atom. The topological polar surface area (TPSA) is 65.2 Å². The molecule has 14 heavy (non-hydrogen) atoms. The lowest BCUT2D eigenvalue weighted by Crippen LogP contribution is -2.28. The molecule has 76 valence electrons. The van der Waals surface area contributed by atoms with Gasteiger partial charge in [-0.1, -0.05) is 0 Å². The monoisotopic (exact) mass is 198 g/mol. The number of ether oxygens (including phenoxy) is 1. The van der Waals surface area contributed by atoms with Gasteiger partial charge in [0.05, 0.1) is 13.2 Å². The van der Waals surface area contributed by atoms with Crippen molar-refractivity contribution in [1.29, 1.82) is 0 Å². The highest BCUT2D eigenvalue weighted by atomic mass is 19.1. The van der Waals surface area contributed by atoms with Crippen LogP contribution < -0.4 is 10.5 Å². The number of nitrogens with zero attached hydrogens (tertiary/aromatic N) is 1. The van der Waals surface area contributed by atoms with E-state index in [1.807, 2.05) is 0 Å². The SMILES string of the molecule is COc1ccc(F)c(C(=O)C(C)N)n1. The molecule has 0 aliphatic carbocycles. The molecular formula is C9H11FN2O2. The van der Waals surface area contributed by atoms with Crippen LogP contribution in [-0.2, 0) is 0 Å². The molecule has 5 heteroatoms. The molecular weight excluding hydrogens is 187 g/mol. The number of rotatable bonds is 3. The first-order valence-corrected chi connectivity index (χ1v) is 4.06. The van der Waals surface area contributed by atoms with Gasteiger partial charge in [0.25, 0.3) is 0 Å². The molecule has 1 rings (SSSR count). The Bertz CT molecular complexity index is 353. The van der Waals surface area contributed by atoms with Gasteiger partial charge in [0.1, 0.15) is 5.69 Å². The molecule has 0 aromatic carbocycles. The number of nitrogens with two attached hydrogens (primary N) is 1. The fourth-order valence-corrected chi connectivity index (χ4v) is 0.926. The van der Waals surface area contributed by atoms with Gasteiger partial charge >= 0.3 is 0 Å². The second-order valence-corrected chi connectivity index (χ2v) is 2.84. The third-order valence-electron chi connectivity index (χ3n) is 1.68. The minimum atomic E-state index is -0.774. The summed E-state index contributed by atoms with van der Waals surface area (Å²) in [5.74, 6) is -1.04. The van der Waals surface area contributed by atoms with E-state index in [9.17, 15) is 9.18 Å². The lowest BCUT2D eigenvalue weighted by Gasteiger charge is -2.06. The Morgan fingerprint density at radius 2 is 2.29 bits per heavy atom. The summed E-state index contributed by atoms with van der Waals surface area (Å²) in [5, 5.41) is 0. The maximum atomic E-state index is 13.1. The van der Waals surface area contributed by atoms with E-state index in [1.165, 1.54) is 20.1 Å². The molecule has 1 aromatic rings. The highest BCUT2D eigenvalue weighted by Gasteiger charge is 2.17. The fraction of sp³-hybridized carbons (Fsp3) is 0.333. The number of methoxy groups -OCH3 is 1. The van der Waals surface area contributed by atoms with E-state index in [0.29, 0.717) is 0 Å². The molecule has 0 bridgehead atoms. The van der Waals surface area contributed by atoms with E-state index in [2.05, 4.69) is 4.98 Å². The van der Waals surface area contributed by atoms with Crippen molar-refractivity contribution in [2.24, 2.45) is 5.73 Å². The quantitative estimate of drug-likeness (QED) is 0.728. The first kappa shape index (κ1) is 10.6. The first-order valence-electron chi connectivity index (χ1n) is 4.06. The van der Waals surface area contributed by atoms with Crippen LogP contribution in [-0.4, -0.2) is 23.9 Å². The number of halogens is 1. The van der Waals surface area contributed by atoms with Crippen LogP contribution in [0.25, 0.3) is 0 Å². The predicted octanol–water partition coefficient (Wildman–Crippen LogP) is 0.759. The van der Waals surface area contributed by atoms with Crippen molar-refractivity contribution >= 4 is 5.78 Å². The van der Waals surface area contributed by atoms with Crippen LogP contribution in [0.2, 0.25) is 0 Å². The molecule has 0 spiro atoms.